The van der Waals surface area contributed by atoms with Crippen molar-refractivity contribution in [2.24, 2.45) is 11.7 Å². The van der Waals surface area contributed by atoms with E-state index in [4.69, 9.17) is 5.73 Å². The van der Waals surface area contributed by atoms with Crippen molar-refractivity contribution < 1.29 is 0 Å². The van der Waals surface area contributed by atoms with E-state index < -0.39 is 0 Å². The molecule has 5 nitrogen and oxygen atoms in total. The van der Waals surface area contributed by atoms with Crippen LogP contribution in [0.15, 0.2) is 9.95 Å². The van der Waals surface area contributed by atoms with E-state index in [0.29, 0.717) is 12.5 Å². The first-order valence-corrected chi connectivity index (χ1v) is 6.04. The SMILES string of the molecule is CC(CN)CSc1n[nH]c(=O)n1C(C)C. The largest absolute Gasteiger partial charge is 0.344 e. The van der Waals surface area contributed by atoms with Gasteiger partial charge in [-0.2, -0.15) is 0 Å². The number of nitrogens with zero attached hydrogens (tertiary/aromatic N) is 2. The van der Waals surface area contributed by atoms with Crippen molar-refractivity contribution in [1.82, 2.24) is 14.8 Å². The molecule has 0 aliphatic rings. The molecule has 0 fully saturated rings. The van der Waals surface area contributed by atoms with Gasteiger partial charge in [0.2, 0.25) is 0 Å². The maximum atomic E-state index is 11.4. The number of aromatic nitrogens is 3. The Morgan fingerprint density at radius 2 is 2.20 bits per heavy atom. The summed E-state index contributed by atoms with van der Waals surface area (Å²) >= 11 is 1.57. The van der Waals surface area contributed by atoms with Gasteiger partial charge in [0.05, 0.1) is 0 Å². The molecular formula is C9H18N4OS. The fourth-order valence-corrected chi connectivity index (χ4v) is 2.24. The Morgan fingerprint density at radius 1 is 1.53 bits per heavy atom. The monoisotopic (exact) mass is 230 g/mol. The molecule has 0 saturated carbocycles. The smallest absolute Gasteiger partial charge is 0.330 e. The Labute approximate surface area is 93.4 Å². The second-order valence-corrected chi connectivity index (χ2v) is 4.91. The van der Waals surface area contributed by atoms with Crippen molar-refractivity contribution in [2.75, 3.05) is 12.3 Å². The zero-order valence-electron chi connectivity index (χ0n) is 9.36. The molecule has 1 atom stereocenters. The Hall–Kier alpha value is -0.750. The topological polar surface area (TPSA) is 76.7 Å². The summed E-state index contributed by atoms with van der Waals surface area (Å²) in [6.07, 6.45) is 0. The third-order valence-corrected chi connectivity index (χ3v) is 3.37. The van der Waals surface area contributed by atoms with Crippen molar-refractivity contribution in [2.45, 2.75) is 32.0 Å². The quantitative estimate of drug-likeness (QED) is 0.735. The Kier molecular flexibility index (Phi) is 4.41. The van der Waals surface area contributed by atoms with E-state index in [9.17, 15) is 4.79 Å². The fourth-order valence-electron chi connectivity index (χ4n) is 1.13. The lowest BCUT2D eigenvalue weighted by molar-refractivity contribution is 0.533. The third kappa shape index (κ3) is 3.10. The van der Waals surface area contributed by atoms with Crippen LogP contribution >= 0.6 is 11.8 Å². The van der Waals surface area contributed by atoms with E-state index in [1.807, 2.05) is 13.8 Å². The normalized spacial score (nSPS) is 13.4. The van der Waals surface area contributed by atoms with Crippen LogP contribution in [0.1, 0.15) is 26.8 Å². The van der Waals surface area contributed by atoms with Crippen LogP contribution in [0.5, 0.6) is 0 Å². The molecule has 1 rings (SSSR count). The molecule has 0 amide bonds. The molecule has 0 saturated heterocycles. The minimum Gasteiger partial charge on any atom is -0.330 e. The van der Waals surface area contributed by atoms with E-state index in [2.05, 4.69) is 17.1 Å². The van der Waals surface area contributed by atoms with Gasteiger partial charge in [0.15, 0.2) is 5.16 Å². The fraction of sp³-hybridized carbons (Fsp3) is 0.778. The van der Waals surface area contributed by atoms with Gasteiger partial charge in [-0.1, -0.05) is 18.7 Å². The molecule has 0 aliphatic heterocycles. The van der Waals surface area contributed by atoms with E-state index in [1.54, 1.807) is 16.3 Å². The van der Waals surface area contributed by atoms with Crippen molar-refractivity contribution in [3.63, 3.8) is 0 Å². The van der Waals surface area contributed by atoms with Crippen LogP contribution in [-0.2, 0) is 0 Å². The van der Waals surface area contributed by atoms with Gasteiger partial charge in [0, 0.05) is 11.8 Å². The molecule has 6 heteroatoms. The molecule has 1 heterocycles. The molecule has 1 aromatic rings. The molecule has 1 unspecified atom stereocenters. The average Bonchev–Trinajstić information content (AvgIpc) is 2.56. The van der Waals surface area contributed by atoms with Crippen LogP contribution in [0, 0.1) is 5.92 Å². The number of nitrogens with two attached hydrogens (primary N) is 1. The number of rotatable bonds is 5. The van der Waals surface area contributed by atoms with Gasteiger partial charge in [0.25, 0.3) is 0 Å². The lowest BCUT2D eigenvalue weighted by Gasteiger charge is -2.10. The summed E-state index contributed by atoms with van der Waals surface area (Å²) in [5, 5.41) is 7.20. The molecule has 0 aliphatic carbocycles. The third-order valence-electron chi connectivity index (χ3n) is 2.09. The van der Waals surface area contributed by atoms with Crippen molar-refractivity contribution in [3.8, 4) is 0 Å². The Balaban J connectivity index is 2.73. The maximum Gasteiger partial charge on any atom is 0.344 e. The zero-order valence-corrected chi connectivity index (χ0v) is 10.2. The van der Waals surface area contributed by atoms with Crippen LogP contribution in [0.2, 0.25) is 0 Å². The van der Waals surface area contributed by atoms with Crippen LogP contribution in [-0.4, -0.2) is 27.1 Å². The number of hydrogen-bond donors (Lipinski definition) is 2. The van der Waals surface area contributed by atoms with Crippen LogP contribution < -0.4 is 11.4 Å². The van der Waals surface area contributed by atoms with Crippen molar-refractivity contribution >= 4 is 11.8 Å². The first kappa shape index (κ1) is 12.3. The predicted molar refractivity (Wildman–Crippen MR) is 62.2 cm³/mol. The molecular weight excluding hydrogens is 212 g/mol. The van der Waals surface area contributed by atoms with Gasteiger partial charge in [-0.15, -0.1) is 5.10 Å². The van der Waals surface area contributed by atoms with Crippen molar-refractivity contribution in [1.29, 1.82) is 0 Å². The van der Waals surface area contributed by atoms with E-state index in [-0.39, 0.29) is 11.7 Å². The minimum atomic E-state index is -0.145. The molecule has 0 aromatic carbocycles. The lowest BCUT2D eigenvalue weighted by Crippen LogP contribution is -2.20. The number of aromatic amines is 1. The standard InChI is InChI=1S/C9H18N4OS/c1-6(2)13-8(14)11-12-9(13)15-5-7(3)4-10/h6-7H,4-5,10H2,1-3H3,(H,11,14). The summed E-state index contributed by atoms with van der Waals surface area (Å²) in [6.45, 7) is 6.67. The number of H-pyrrole nitrogens is 1. The molecule has 86 valence electrons. The van der Waals surface area contributed by atoms with Crippen LogP contribution in [0.4, 0.5) is 0 Å². The summed E-state index contributed by atoms with van der Waals surface area (Å²) in [7, 11) is 0. The zero-order chi connectivity index (χ0) is 11.4. The highest BCUT2D eigenvalue weighted by atomic mass is 32.2. The van der Waals surface area contributed by atoms with Gasteiger partial charge < -0.3 is 5.73 Å². The molecule has 15 heavy (non-hydrogen) atoms. The van der Waals surface area contributed by atoms with E-state index in [0.717, 1.165) is 10.9 Å². The summed E-state index contributed by atoms with van der Waals surface area (Å²) < 4.78 is 1.66. The van der Waals surface area contributed by atoms with E-state index in [1.165, 1.54) is 0 Å². The lowest BCUT2D eigenvalue weighted by atomic mass is 10.2. The van der Waals surface area contributed by atoms with E-state index >= 15 is 0 Å². The van der Waals surface area contributed by atoms with Gasteiger partial charge in [-0.3, -0.25) is 4.57 Å². The predicted octanol–water partition coefficient (Wildman–Crippen LogP) is 0.839. The van der Waals surface area contributed by atoms with Gasteiger partial charge in [-0.05, 0) is 26.3 Å². The molecule has 3 N–H and O–H groups in total. The highest BCUT2D eigenvalue weighted by molar-refractivity contribution is 7.99. The van der Waals surface area contributed by atoms with Crippen LogP contribution in [0.25, 0.3) is 0 Å². The molecule has 0 radical (unpaired) electrons. The first-order chi connectivity index (χ1) is 7.06. The average molecular weight is 230 g/mol. The second kappa shape index (κ2) is 5.37. The Morgan fingerprint density at radius 3 is 2.73 bits per heavy atom. The van der Waals surface area contributed by atoms with Crippen molar-refractivity contribution in [3.05, 3.63) is 10.5 Å². The minimum absolute atomic E-state index is 0.131. The summed E-state index contributed by atoms with van der Waals surface area (Å²) in [4.78, 5) is 11.4. The number of hydrogen-bond acceptors (Lipinski definition) is 4. The molecule has 1 aromatic heterocycles. The summed E-state index contributed by atoms with van der Waals surface area (Å²) in [5.74, 6) is 1.32. The highest BCUT2D eigenvalue weighted by Gasteiger charge is 2.12. The van der Waals surface area contributed by atoms with Gasteiger partial charge in [0.1, 0.15) is 0 Å². The molecule has 0 spiro atoms. The van der Waals surface area contributed by atoms with Gasteiger partial charge >= 0.3 is 5.69 Å². The number of nitrogens with one attached hydrogen (secondary N) is 1. The summed E-state index contributed by atoms with van der Waals surface area (Å²) in [6, 6.07) is 0.131. The second-order valence-electron chi connectivity index (χ2n) is 3.93. The summed E-state index contributed by atoms with van der Waals surface area (Å²) in [5.41, 5.74) is 5.38. The highest BCUT2D eigenvalue weighted by Crippen LogP contribution is 2.19. The van der Waals surface area contributed by atoms with Gasteiger partial charge in [-0.25, -0.2) is 9.89 Å². The number of thioether (sulfide) groups is 1. The Bertz CT molecular complexity index is 357. The van der Waals surface area contributed by atoms with Crippen LogP contribution in [0.3, 0.4) is 0 Å². The maximum absolute atomic E-state index is 11.4. The molecule has 0 bridgehead atoms. The first-order valence-electron chi connectivity index (χ1n) is 5.06.